The number of halogens is 1. The zero-order valence-corrected chi connectivity index (χ0v) is 12.3. The number of benzene rings is 1. The van der Waals surface area contributed by atoms with Crippen molar-refractivity contribution in [2.45, 2.75) is 26.9 Å². The van der Waals surface area contributed by atoms with E-state index >= 15 is 0 Å². The predicted molar refractivity (Wildman–Crippen MR) is 78.7 cm³/mol. The van der Waals surface area contributed by atoms with Crippen LogP contribution in [0.1, 0.15) is 32.9 Å². The Balaban J connectivity index is 0.00000200. The van der Waals surface area contributed by atoms with Gasteiger partial charge in [-0.05, 0) is 31.5 Å². The second kappa shape index (κ2) is 7.07. The number of nitrogens with zero attached hydrogens (tertiary/aromatic N) is 1. The number of hydrogen-bond donors (Lipinski definition) is 2. The molecule has 1 aromatic carbocycles. The third-order valence-corrected chi connectivity index (χ3v) is 3.06. The summed E-state index contributed by atoms with van der Waals surface area (Å²) in [6, 6.07) is 7.24. The molecular weight excluding hydrogens is 278 g/mol. The number of rotatable bonds is 4. The average Bonchev–Trinajstić information content (AvgIpc) is 2.75. The van der Waals surface area contributed by atoms with E-state index in [0.29, 0.717) is 18.7 Å². The third-order valence-electron chi connectivity index (χ3n) is 3.06. The van der Waals surface area contributed by atoms with E-state index in [2.05, 4.69) is 10.5 Å². The zero-order valence-electron chi connectivity index (χ0n) is 11.5. The van der Waals surface area contributed by atoms with Crippen LogP contribution >= 0.6 is 12.4 Å². The van der Waals surface area contributed by atoms with Crippen molar-refractivity contribution < 1.29 is 9.32 Å². The first-order valence-corrected chi connectivity index (χ1v) is 6.10. The van der Waals surface area contributed by atoms with Gasteiger partial charge in [-0.25, -0.2) is 0 Å². The summed E-state index contributed by atoms with van der Waals surface area (Å²) in [6.45, 7) is 4.57. The summed E-state index contributed by atoms with van der Waals surface area (Å²) in [5, 5.41) is 6.70. The SMILES string of the molecule is Cc1noc(C)c1CNC(=O)c1ccc(CN)cc1.Cl. The monoisotopic (exact) mass is 295 g/mol. The minimum absolute atomic E-state index is 0. The van der Waals surface area contributed by atoms with E-state index in [9.17, 15) is 4.79 Å². The van der Waals surface area contributed by atoms with Gasteiger partial charge < -0.3 is 15.6 Å². The summed E-state index contributed by atoms with van der Waals surface area (Å²) >= 11 is 0. The van der Waals surface area contributed by atoms with Gasteiger partial charge in [0.25, 0.3) is 5.91 Å². The number of aryl methyl sites for hydroxylation is 2. The number of amides is 1. The third kappa shape index (κ3) is 3.59. The molecule has 1 heterocycles. The molecule has 0 radical (unpaired) electrons. The number of carbonyl (C=O) groups is 1. The maximum absolute atomic E-state index is 12.0. The molecule has 1 amide bonds. The Hall–Kier alpha value is -1.85. The number of nitrogens with one attached hydrogen (secondary N) is 1. The molecule has 108 valence electrons. The molecule has 6 heteroatoms. The average molecular weight is 296 g/mol. The topological polar surface area (TPSA) is 81.2 Å². The quantitative estimate of drug-likeness (QED) is 0.905. The van der Waals surface area contributed by atoms with E-state index in [1.54, 1.807) is 12.1 Å². The van der Waals surface area contributed by atoms with Crippen LogP contribution in [0.4, 0.5) is 0 Å². The summed E-state index contributed by atoms with van der Waals surface area (Å²) < 4.78 is 5.05. The van der Waals surface area contributed by atoms with Crippen LogP contribution in [0.25, 0.3) is 0 Å². The molecule has 0 unspecified atom stereocenters. The van der Waals surface area contributed by atoms with E-state index in [0.717, 1.165) is 22.6 Å². The molecule has 5 nitrogen and oxygen atoms in total. The predicted octanol–water partition coefficient (Wildman–Crippen LogP) is 2.10. The normalized spacial score (nSPS) is 9.95. The van der Waals surface area contributed by atoms with Crippen LogP contribution in [0, 0.1) is 13.8 Å². The molecule has 2 aromatic rings. The second-order valence-electron chi connectivity index (χ2n) is 4.39. The van der Waals surface area contributed by atoms with Crippen molar-refractivity contribution in [3.8, 4) is 0 Å². The first kappa shape index (κ1) is 16.2. The molecule has 0 saturated heterocycles. The summed E-state index contributed by atoms with van der Waals surface area (Å²) in [5.41, 5.74) is 8.86. The Morgan fingerprint density at radius 1 is 1.30 bits per heavy atom. The molecule has 0 atom stereocenters. The minimum Gasteiger partial charge on any atom is -0.361 e. The van der Waals surface area contributed by atoms with Crippen LogP contribution in [0.3, 0.4) is 0 Å². The van der Waals surface area contributed by atoms with Gasteiger partial charge >= 0.3 is 0 Å². The fraction of sp³-hybridized carbons (Fsp3) is 0.286. The molecule has 0 fully saturated rings. The smallest absolute Gasteiger partial charge is 0.251 e. The van der Waals surface area contributed by atoms with E-state index in [1.807, 2.05) is 26.0 Å². The van der Waals surface area contributed by atoms with Gasteiger partial charge in [-0.3, -0.25) is 4.79 Å². The lowest BCUT2D eigenvalue weighted by Crippen LogP contribution is -2.23. The van der Waals surface area contributed by atoms with Crippen molar-refractivity contribution >= 4 is 18.3 Å². The van der Waals surface area contributed by atoms with Gasteiger partial charge in [-0.2, -0.15) is 0 Å². The maximum atomic E-state index is 12.0. The van der Waals surface area contributed by atoms with Crippen LogP contribution in [0.2, 0.25) is 0 Å². The number of nitrogens with two attached hydrogens (primary N) is 1. The lowest BCUT2D eigenvalue weighted by Gasteiger charge is -2.05. The van der Waals surface area contributed by atoms with Crippen LogP contribution < -0.4 is 11.1 Å². The Morgan fingerprint density at radius 2 is 1.95 bits per heavy atom. The highest BCUT2D eigenvalue weighted by molar-refractivity contribution is 5.94. The highest BCUT2D eigenvalue weighted by atomic mass is 35.5. The summed E-state index contributed by atoms with van der Waals surface area (Å²) in [6.07, 6.45) is 0. The van der Waals surface area contributed by atoms with Crippen molar-refractivity contribution in [2.24, 2.45) is 5.73 Å². The van der Waals surface area contributed by atoms with E-state index < -0.39 is 0 Å². The molecule has 2 rings (SSSR count). The molecule has 0 aliphatic heterocycles. The molecule has 0 bridgehead atoms. The summed E-state index contributed by atoms with van der Waals surface area (Å²) in [4.78, 5) is 12.0. The van der Waals surface area contributed by atoms with Crippen molar-refractivity contribution in [1.82, 2.24) is 10.5 Å². The first-order valence-electron chi connectivity index (χ1n) is 6.10. The van der Waals surface area contributed by atoms with Gasteiger partial charge in [0.2, 0.25) is 0 Å². The Morgan fingerprint density at radius 3 is 2.45 bits per heavy atom. The van der Waals surface area contributed by atoms with E-state index in [1.165, 1.54) is 0 Å². The Bertz CT molecular complexity index is 559. The van der Waals surface area contributed by atoms with Gasteiger partial charge in [-0.15, -0.1) is 12.4 Å². The van der Waals surface area contributed by atoms with Gasteiger partial charge in [0.05, 0.1) is 5.69 Å². The maximum Gasteiger partial charge on any atom is 0.251 e. The standard InChI is InChI=1S/C14H17N3O2.ClH/c1-9-13(10(2)19-17-9)8-16-14(18)12-5-3-11(7-15)4-6-12;/h3-6H,7-8,15H2,1-2H3,(H,16,18);1H. The molecule has 0 spiro atoms. The van der Waals surface area contributed by atoms with Crippen molar-refractivity contribution in [1.29, 1.82) is 0 Å². The van der Waals surface area contributed by atoms with Gasteiger partial charge in [0, 0.05) is 24.2 Å². The first-order chi connectivity index (χ1) is 9.11. The van der Waals surface area contributed by atoms with Crippen molar-refractivity contribution in [3.05, 3.63) is 52.4 Å². The zero-order chi connectivity index (χ0) is 13.8. The Labute approximate surface area is 123 Å². The van der Waals surface area contributed by atoms with E-state index in [4.69, 9.17) is 10.3 Å². The highest BCUT2D eigenvalue weighted by Crippen LogP contribution is 2.12. The summed E-state index contributed by atoms with van der Waals surface area (Å²) in [7, 11) is 0. The largest absolute Gasteiger partial charge is 0.361 e. The lowest BCUT2D eigenvalue weighted by molar-refractivity contribution is 0.0951. The van der Waals surface area contributed by atoms with Crippen LogP contribution in [-0.2, 0) is 13.1 Å². The molecule has 1 aromatic heterocycles. The number of hydrogen-bond acceptors (Lipinski definition) is 4. The molecule has 20 heavy (non-hydrogen) atoms. The number of carbonyl (C=O) groups excluding carboxylic acids is 1. The molecular formula is C14H18ClN3O2. The van der Waals surface area contributed by atoms with Gasteiger partial charge in [0.1, 0.15) is 5.76 Å². The van der Waals surface area contributed by atoms with E-state index in [-0.39, 0.29) is 18.3 Å². The second-order valence-corrected chi connectivity index (χ2v) is 4.39. The van der Waals surface area contributed by atoms with Crippen LogP contribution in [0.15, 0.2) is 28.8 Å². The fourth-order valence-electron chi connectivity index (χ4n) is 1.82. The highest BCUT2D eigenvalue weighted by Gasteiger charge is 2.11. The van der Waals surface area contributed by atoms with Crippen LogP contribution in [-0.4, -0.2) is 11.1 Å². The van der Waals surface area contributed by atoms with Gasteiger partial charge in [0.15, 0.2) is 0 Å². The molecule has 0 saturated carbocycles. The Kier molecular flexibility index (Phi) is 5.73. The number of aromatic nitrogens is 1. The summed E-state index contributed by atoms with van der Waals surface area (Å²) in [5.74, 6) is 0.611. The fourth-order valence-corrected chi connectivity index (χ4v) is 1.82. The molecule has 0 aliphatic carbocycles. The van der Waals surface area contributed by atoms with Crippen molar-refractivity contribution in [3.63, 3.8) is 0 Å². The molecule has 3 N–H and O–H groups in total. The molecule has 0 aliphatic rings. The van der Waals surface area contributed by atoms with Crippen LogP contribution in [0.5, 0.6) is 0 Å². The lowest BCUT2D eigenvalue weighted by atomic mass is 10.1. The van der Waals surface area contributed by atoms with Gasteiger partial charge in [-0.1, -0.05) is 17.3 Å². The minimum atomic E-state index is -0.122. The van der Waals surface area contributed by atoms with Crippen molar-refractivity contribution in [2.75, 3.05) is 0 Å².